The summed E-state index contributed by atoms with van der Waals surface area (Å²) in [6.45, 7) is 0.779. The first kappa shape index (κ1) is 61.8. The predicted octanol–water partition coefficient (Wildman–Crippen LogP) is 6.69. The van der Waals surface area contributed by atoms with Crippen molar-refractivity contribution >= 4 is 77.7 Å². The maximum absolute atomic E-state index is 13.2. The molecule has 0 bridgehead atoms. The number of carbonyl (C=O) groups is 6. The molecule has 4 unspecified atom stereocenters. The van der Waals surface area contributed by atoms with Gasteiger partial charge in [-0.25, -0.2) is 9.44 Å². The summed E-state index contributed by atoms with van der Waals surface area (Å²) in [5.74, 6) is -2.07. The third-order valence-electron chi connectivity index (χ3n) is 18.9. The monoisotopic (exact) mass is 1240 g/mol. The first-order chi connectivity index (χ1) is 41.7. The number of hydrogen-bond acceptors (Lipinski definition) is 12. The van der Waals surface area contributed by atoms with Gasteiger partial charge in [0.25, 0.3) is 11.8 Å². The zero-order chi connectivity index (χ0) is 63.1. The molecule has 2 aliphatic heterocycles. The molecule has 4 aromatic carbocycles. The number of hydrogen-bond donors (Lipinski definition) is 4. The molecular weight excluding hydrogens is 1160 g/mol. The number of aromatic nitrogens is 2. The molecule has 4 fully saturated rings. The van der Waals surface area contributed by atoms with Gasteiger partial charge in [-0.1, -0.05) is 50.7 Å². The number of ether oxygens (including phenoxy) is 2. The number of nitrogens with one attached hydrogen (secondary N) is 4. The Balaban J connectivity index is 0.000000182. The standard InChI is InChI=1S/2C32H39N5O6S/c2*1-35(2)31(40)30(39)33-32-17-25(32)24-16-21(43-5)12-14-22(24)28-27(19-9-7-6-8-10-19)23-13-11-20(15-26(23)37(28)18-32)29(38)34-44(41,42)36(3)4/h2*11-16,19,25H,6-10,17-18H2,1-5H3,(H,33,39)(H,34,38). The number of nitrogens with zero attached hydrogens (tertiary/aromatic N) is 6. The van der Waals surface area contributed by atoms with Gasteiger partial charge in [-0.3, -0.25) is 28.8 Å². The van der Waals surface area contributed by atoms with E-state index in [9.17, 15) is 45.6 Å². The largest absolute Gasteiger partial charge is 0.497 e. The van der Waals surface area contributed by atoms with E-state index in [1.807, 2.05) is 36.4 Å². The van der Waals surface area contributed by atoms with Gasteiger partial charge in [0.15, 0.2) is 0 Å². The molecule has 4 N–H and O–H groups in total. The molecule has 0 saturated heterocycles. The molecule has 6 amide bonds. The normalized spacial score (nSPS) is 21.1. The average Bonchev–Trinajstić information content (AvgIpc) is 1.54. The van der Waals surface area contributed by atoms with Gasteiger partial charge in [0.05, 0.1) is 36.7 Å². The highest BCUT2D eigenvalue weighted by Gasteiger charge is 2.61. The van der Waals surface area contributed by atoms with Gasteiger partial charge in [-0.05, 0) is 133 Å². The molecule has 4 heterocycles. The summed E-state index contributed by atoms with van der Waals surface area (Å²) in [5, 5.41) is 8.19. The van der Waals surface area contributed by atoms with Crippen LogP contribution in [0.3, 0.4) is 0 Å². The zero-order valence-corrected chi connectivity index (χ0v) is 53.2. The number of likely N-dealkylation sites (N-methyl/N-ethyl adjacent to an activating group) is 2. The summed E-state index contributed by atoms with van der Waals surface area (Å²) in [4.78, 5) is 80.5. The van der Waals surface area contributed by atoms with E-state index in [0.29, 0.717) is 49.3 Å². The van der Waals surface area contributed by atoms with E-state index in [-0.39, 0.29) is 23.0 Å². The van der Waals surface area contributed by atoms with E-state index >= 15 is 0 Å². The predicted molar refractivity (Wildman–Crippen MR) is 334 cm³/mol. The van der Waals surface area contributed by atoms with Crippen LogP contribution in [0.15, 0.2) is 72.8 Å². The Morgan fingerprint density at radius 1 is 0.500 bits per heavy atom. The van der Waals surface area contributed by atoms with Crippen LogP contribution in [0.1, 0.15) is 144 Å². The van der Waals surface area contributed by atoms with Crippen molar-refractivity contribution in [3.63, 3.8) is 0 Å². The third-order valence-corrected chi connectivity index (χ3v) is 21.7. The summed E-state index contributed by atoms with van der Waals surface area (Å²) in [6.07, 6.45) is 12.4. The highest BCUT2D eigenvalue weighted by atomic mass is 32.2. The van der Waals surface area contributed by atoms with Crippen LogP contribution in [0, 0.1) is 0 Å². The Bertz CT molecular complexity index is 3840. The molecule has 2 aromatic heterocycles. The molecule has 88 heavy (non-hydrogen) atoms. The minimum atomic E-state index is -3.99. The fourth-order valence-corrected chi connectivity index (χ4v) is 15.2. The molecule has 4 atom stereocenters. The van der Waals surface area contributed by atoms with Gasteiger partial charge in [0.1, 0.15) is 11.5 Å². The lowest BCUT2D eigenvalue weighted by molar-refractivity contribution is -0.144. The van der Waals surface area contributed by atoms with Crippen molar-refractivity contribution in [3.8, 4) is 34.0 Å². The zero-order valence-electron chi connectivity index (χ0n) is 51.5. The van der Waals surface area contributed by atoms with Crippen LogP contribution in [-0.4, -0.2) is 162 Å². The number of carbonyl (C=O) groups excluding carboxylic acids is 6. The second-order valence-corrected chi connectivity index (χ2v) is 29.1. The van der Waals surface area contributed by atoms with Crippen LogP contribution in [0.25, 0.3) is 44.3 Å². The van der Waals surface area contributed by atoms with Crippen molar-refractivity contribution in [3.05, 3.63) is 106 Å². The van der Waals surface area contributed by atoms with Gasteiger partial charge in [0, 0.05) is 125 Å². The van der Waals surface area contributed by atoms with Crippen molar-refractivity contribution in [2.75, 3.05) is 70.6 Å². The van der Waals surface area contributed by atoms with E-state index in [1.54, 1.807) is 66.7 Å². The van der Waals surface area contributed by atoms with Crippen LogP contribution < -0.4 is 29.6 Å². The van der Waals surface area contributed by atoms with E-state index in [4.69, 9.17) is 9.47 Å². The first-order valence-corrected chi connectivity index (χ1v) is 32.9. The molecule has 6 aromatic rings. The van der Waals surface area contributed by atoms with Crippen molar-refractivity contribution in [2.45, 2.75) is 125 Å². The maximum Gasteiger partial charge on any atom is 0.311 e. The summed E-state index contributed by atoms with van der Waals surface area (Å²) >= 11 is 0. The van der Waals surface area contributed by atoms with Crippen LogP contribution >= 0.6 is 0 Å². The summed E-state index contributed by atoms with van der Waals surface area (Å²) in [5.41, 5.74) is 9.26. The van der Waals surface area contributed by atoms with Gasteiger partial charge in [-0.2, -0.15) is 25.4 Å². The van der Waals surface area contributed by atoms with Crippen LogP contribution in [-0.2, 0) is 52.7 Å². The number of fused-ring (bicyclic) bond motifs is 14. The Hall–Kier alpha value is -7.80. The van der Waals surface area contributed by atoms with E-state index < -0.39 is 66.9 Å². The van der Waals surface area contributed by atoms with Gasteiger partial charge < -0.3 is 39.0 Å². The SMILES string of the molecule is COc1ccc2c(c1)C1CC1(NC(=O)C(=O)N(C)C)Cn1c-2c(C2CCCCC2)c2ccc(C(=O)NS(=O)(=O)N(C)C)cc21.COc1ccc2c(c1)C1CC1(NC(=O)C(=O)N(C)C)Cn1c-2c(C2CCCCC2)c2ccc(C(=O)NS(=O)(=O)N(C)C)cc21. The molecule has 4 aliphatic carbocycles. The van der Waals surface area contributed by atoms with Crippen molar-refractivity contribution in [1.29, 1.82) is 0 Å². The summed E-state index contributed by atoms with van der Waals surface area (Å²) in [7, 11) is 6.90. The van der Waals surface area contributed by atoms with Gasteiger partial charge >= 0.3 is 44.0 Å². The number of amides is 6. The highest BCUT2D eigenvalue weighted by molar-refractivity contribution is 7.88. The molecule has 0 radical (unpaired) electrons. The van der Waals surface area contributed by atoms with E-state index in [0.717, 1.165) is 115 Å². The molecule has 0 spiro atoms. The summed E-state index contributed by atoms with van der Waals surface area (Å²) in [6, 6.07) is 22.8. The van der Waals surface area contributed by atoms with Crippen LogP contribution in [0.4, 0.5) is 0 Å². The molecule has 4 saturated carbocycles. The average molecular weight is 1240 g/mol. The Labute approximate surface area is 513 Å². The van der Waals surface area contributed by atoms with Crippen LogP contribution in [0.5, 0.6) is 11.5 Å². The topological polar surface area (TPSA) is 260 Å². The van der Waals surface area contributed by atoms with Crippen LogP contribution in [0.2, 0.25) is 0 Å². The van der Waals surface area contributed by atoms with Crippen molar-refractivity contribution < 1.29 is 55.1 Å². The second kappa shape index (κ2) is 23.3. The van der Waals surface area contributed by atoms with Crippen molar-refractivity contribution in [2.24, 2.45) is 0 Å². The van der Waals surface area contributed by atoms with E-state index in [1.165, 1.54) is 62.0 Å². The van der Waals surface area contributed by atoms with Gasteiger partial charge in [-0.15, -0.1) is 0 Å². The quantitative estimate of drug-likeness (QED) is 0.0935. The number of rotatable bonds is 12. The lowest BCUT2D eigenvalue weighted by Gasteiger charge is -2.24. The fraction of sp³-hybridized carbons (Fsp3) is 0.469. The van der Waals surface area contributed by atoms with Gasteiger partial charge in [0.2, 0.25) is 0 Å². The second-order valence-electron chi connectivity index (χ2n) is 25.3. The smallest absolute Gasteiger partial charge is 0.311 e. The molecule has 468 valence electrons. The molecule has 6 aliphatic rings. The molecular formula is C64H78N10O12S2. The Kier molecular flexibility index (Phi) is 16.4. The minimum absolute atomic E-state index is 0.0441. The third kappa shape index (κ3) is 11.2. The summed E-state index contributed by atoms with van der Waals surface area (Å²) < 4.78 is 71.6. The molecule has 12 rings (SSSR count). The Morgan fingerprint density at radius 3 is 1.19 bits per heavy atom. The first-order valence-electron chi connectivity index (χ1n) is 30.0. The molecule has 22 nitrogen and oxygen atoms in total. The van der Waals surface area contributed by atoms with Crippen molar-refractivity contribution in [1.82, 2.24) is 47.6 Å². The fourth-order valence-electron chi connectivity index (χ4n) is 14.1. The minimum Gasteiger partial charge on any atom is -0.497 e. The Morgan fingerprint density at radius 2 is 0.864 bits per heavy atom. The maximum atomic E-state index is 13.2. The number of benzene rings is 4. The lowest BCUT2D eigenvalue weighted by Crippen LogP contribution is -2.47. The highest BCUT2D eigenvalue weighted by Crippen LogP contribution is 2.62. The number of methoxy groups -OCH3 is 2. The molecule has 24 heteroatoms. The van der Waals surface area contributed by atoms with E-state index in [2.05, 4.69) is 41.3 Å². The lowest BCUT2D eigenvalue weighted by atomic mass is 9.81.